The molecule has 1 heterocycles. The standard InChI is InChI=1S/C19H21NO2S/c1-3-4-13-20-18-8-6-5-7-16(18)14-19(20)23(21,22)17-11-9-15(2)10-12-17/h5-12,14H,3-4,13H2,1-2H3. The third-order valence-corrected chi connectivity index (χ3v) is 5.90. The first-order chi connectivity index (χ1) is 11.0. The summed E-state index contributed by atoms with van der Waals surface area (Å²) in [6, 6.07) is 16.7. The van der Waals surface area contributed by atoms with Gasteiger partial charge in [0.2, 0.25) is 9.84 Å². The molecule has 0 aliphatic carbocycles. The fourth-order valence-corrected chi connectivity index (χ4v) is 4.29. The molecule has 4 heteroatoms. The third-order valence-electron chi connectivity index (χ3n) is 4.11. The SMILES string of the molecule is CCCCn1c(S(=O)(=O)c2ccc(C)cc2)cc2ccccc21. The number of aromatic nitrogens is 1. The molecule has 3 nitrogen and oxygen atoms in total. The Bertz CT molecular complexity index is 922. The van der Waals surface area contributed by atoms with Gasteiger partial charge in [-0.3, -0.25) is 0 Å². The van der Waals surface area contributed by atoms with Gasteiger partial charge in [-0.2, -0.15) is 0 Å². The van der Waals surface area contributed by atoms with Gasteiger partial charge in [0.1, 0.15) is 5.03 Å². The maximum Gasteiger partial charge on any atom is 0.222 e. The van der Waals surface area contributed by atoms with Crippen LogP contribution in [0.1, 0.15) is 25.3 Å². The largest absolute Gasteiger partial charge is 0.331 e. The predicted molar refractivity (Wildman–Crippen MR) is 93.5 cm³/mol. The summed E-state index contributed by atoms with van der Waals surface area (Å²) >= 11 is 0. The van der Waals surface area contributed by atoms with Crippen LogP contribution in [-0.2, 0) is 16.4 Å². The van der Waals surface area contributed by atoms with E-state index in [1.807, 2.05) is 47.9 Å². The highest BCUT2D eigenvalue weighted by Gasteiger charge is 2.23. The molecule has 0 N–H and O–H groups in total. The molecule has 1 aromatic heterocycles. The number of unbranched alkanes of at least 4 members (excludes halogenated alkanes) is 1. The van der Waals surface area contributed by atoms with E-state index in [-0.39, 0.29) is 0 Å². The summed E-state index contributed by atoms with van der Waals surface area (Å²) in [7, 11) is -3.52. The molecule has 0 aliphatic heterocycles. The van der Waals surface area contributed by atoms with Crippen molar-refractivity contribution < 1.29 is 8.42 Å². The van der Waals surface area contributed by atoms with E-state index in [1.165, 1.54) is 0 Å². The Balaban J connectivity index is 2.19. The highest BCUT2D eigenvalue weighted by atomic mass is 32.2. The van der Waals surface area contributed by atoms with E-state index < -0.39 is 9.84 Å². The first-order valence-corrected chi connectivity index (χ1v) is 9.42. The molecule has 0 unspecified atom stereocenters. The van der Waals surface area contributed by atoms with Crippen LogP contribution in [0.2, 0.25) is 0 Å². The van der Waals surface area contributed by atoms with E-state index >= 15 is 0 Å². The fourth-order valence-electron chi connectivity index (χ4n) is 2.79. The number of nitrogens with zero attached hydrogens (tertiary/aromatic N) is 1. The van der Waals surface area contributed by atoms with E-state index in [0.29, 0.717) is 16.5 Å². The average molecular weight is 327 g/mol. The molecule has 120 valence electrons. The minimum atomic E-state index is -3.52. The van der Waals surface area contributed by atoms with Gasteiger partial charge in [-0.05, 0) is 37.6 Å². The van der Waals surface area contributed by atoms with Gasteiger partial charge < -0.3 is 4.57 Å². The summed E-state index contributed by atoms with van der Waals surface area (Å²) in [4.78, 5) is 0.351. The summed E-state index contributed by atoms with van der Waals surface area (Å²) in [5, 5.41) is 1.35. The Kier molecular flexibility index (Phi) is 4.26. The van der Waals surface area contributed by atoms with E-state index in [1.54, 1.807) is 18.2 Å². The fraction of sp³-hybridized carbons (Fsp3) is 0.263. The topological polar surface area (TPSA) is 39.1 Å². The van der Waals surface area contributed by atoms with Crippen LogP contribution in [-0.4, -0.2) is 13.0 Å². The molecular weight excluding hydrogens is 306 g/mol. The van der Waals surface area contributed by atoms with E-state index in [0.717, 1.165) is 29.3 Å². The van der Waals surface area contributed by atoms with Crippen molar-refractivity contribution >= 4 is 20.7 Å². The number of benzene rings is 2. The van der Waals surface area contributed by atoms with Gasteiger partial charge in [-0.1, -0.05) is 49.2 Å². The molecule has 3 rings (SSSR count). The number of hydrogen-bond acceptors (Lipinski definition) is 2. The van der Waals surface area contributed by atoms with Crippen molar-refractivity contribution in [2.45, 2.75) is 43.2 Å². The Morgan fingerprint density at radius 2 is 1.70 bits per heavy atom. The van der Waals surface area contributed by atoms with Crippen molar-refractivity contribution in [3.8, 4) is 0 Å². The lowest BCUT2D eigenvalue weighted by Gasteiger charge is -2.11. The minimum absolute atomic E-state index is 0.351. The first-order valence-electron chi connectivity index (χ1n) is 7.94. The molecular formula is C19H21NO2S. The second-order valence-corrected chi connectivity index (χ2v) is 7.76. The molecule has 0 saturated heterocycles. The average Bonchev–Trinajstić information content (AvgIpc) is 2.93. The monoisotopic (exact) mass is 327 g/mol. The lowest BCUT2D eigenvalue weighted by Crippen LogP contribution is -2.10. The van der Waals surface area contributed by atoms with E-state index in [4.69, 9.17) is 0 Å². The third kappa shape index (κ3) is 2.91. The molecule has 0 aliphatic rings. The van der Waals surface area contributed by atoms with Gasteiger partial charge >= 0.3 is 0 Å². The molecule has 2 aromatic carbocycles. The summed E-state index contributed by atoms with van der Waals surface area (Å²) in [6.45, 7) is 4.78. The lowest BCUT2D eigenvalue weighted by atomic mass is 10.2. The van der Waals surface area contributed by atoms with Gasteiger partial charge in [-0.15, -0.1) is 0 Å². The smallest absolute Gasteiger partial charge is 0.222 e. The maximum absolute atomic E-state index is 13.1. The van der Waals surface area contributed by atoms with Gasteiger partial charge in [0, 0.05) is 17.4 Å². The predicted octanol–water partition coefficient (Wildman–Crippen LogP) is 4.58. The van der Waals surface area contributed by atoms with Crippen molar-refractivity contribution in [1.29, 1.82) is 0 Å². The first kappa shape index (κ1) is 15.8. The second-order valence-electron chi connectivity index (χ2n) is 5.86. The molecule has 0 atom stereocenters. The number of rotatable bonds is 5. The Morgan fingerprint density at radius 1 is 1.00 bits per heavy atom. The van der Waals surface area contributed by atoms with Crippen LogP contribution in [0.15, 0.2) is 64.5 Å². The zero-order valence-corrected chi connectivity index (χ0v) is 14.3. The molecule has 0 fully saturated rings. The van der Waals surface area contributed by atoms with Crippen LogP contribution in [0, 0.1) is 6.92 Å². The molecule has 0 radical (unpaired) electrons. The number of sulfone groups is 1. The van der Waals surface area contributed by atoms with Crippen LogP contribution >= 0.6 is 0 Å². The quantitative estimate of drug-likeness (QED) is 0.688. The zero-order valence-electron chi connectivity index (χ0n) is 13.5. The summed E-state index contributed by atoms with van der Waals surface area (Å²) < 4.78 is 28.1. The van der Waals surface area contributed by atoms with Crippen LogP contribution < -0.4 is 0 Å². The zero-order chi connectivity index (χ0) is 16.4. The van der Waals surface area contributed by atoms with Crippen molar-refractivity contribution in [3.63, 3.8) is 0 Å². The number of hydrogen-bond donors (Lipinski definition) is 0. The van der Waals surface area contributed by atoms with E-state index in [9.17, 15) is 8.42 Å². The number of fused-ring (bicyclic) bond motifs is 1. The Hall–Kier alpha value is -2.07. The highest BCUT2D eigenvalue weighted by molar-refractivity contribution is 7.91. The van der Waals surface area contributed by atoms with Crippen LogP contribution in [0.5, 0.6) is 0 Å². The van der Waals surface area contributed by atoms with Gasteiger partial charge in [-0.25, -0.2) is 8.42 Å². The lowest BCUT2D eigenvalue weighted by molar-refractivity contribution is 0.564. The number of para-hydroxylation sites is 1. The second kappa shape index (κ2) is 6.20. The summed E-state index contributed by atoms with van der Waals surface area (Å²) in [6.07, 6.45) is 1.98. The molecule has 0 bridgehead atoms. The summed E-state index contributed by atoms with van der Waals surface area (Å²) in [5.41, 5.74) is 2.03. The van der Waals surface area contributed by atoms with Crippen LogP contribution in [0.4, 0.5) is 0 Å². The van der Waals surface area contributed by atoms with E-state index in [2.05, 4.69) is 6.92 Å². The van der Waals surface area contributed by atoms with Gasteiger partial charge in [0.25, 0.3) is 0 Å². The molecule has 0 saturated carbocycles. The van der Waals surface area contributed by atoms with Crippen molar-refractivity contribution in [1.82, 2.24) is 4.57 Å². The Morgan fingerprint density at radius 3 is 2.39 bits per heavy atom. The van der Waals surface area contributed by atoms with Crippen molar-refractivity contribution in [3.05, 3.63) is 60.2 Å². The molecule has 23 heavy (non-hydrogen) atoms. The molecule has 3 aromatic rings. The maximum atomic E-state index is 13.1. The normalized spacial score (nSPS) is 11.9. The molecule has 0 spiro atoms. The highest BCUT2D eigenvalue weighted by Crippen LogP contribution is 2.28. The minimum Gasteiger partial charge on any atom is -0.331 e. The van der Waals surface area contributed by atoms with Crippen LogP contribution in [0.25, 0.3) is 10.9 Å². The number of aryl methyl sites for hydroxylation is 2. The van der Waals surface area contributed by atoms with Crippen molar-refractivity contribution in [2.75, 3.05) is 0 Å². The van der Waals surface area contributed by atoms with Crippen LogP contribution in [0.3, 0.4) is 0 Å². The van der Waals surface area contributed by atoms with Crippen molar-refractivity contribution in [2.24, 2.45) is 0 Å². The Labute approximate surface area is 137 Å². The summed E-state index contributed by atoms with van der Waals surface area (Å²) in [5.74, 6) is 0. The molecule has 0 amide bonds. The van der Waals surface area contributed by atoms with Gasteiger partial charge in [0.15, 0.2) is 0 Å². The van der Waals surface area contributed by atoms with Gasteiger partial charge in [0.05, 0.1) is 4.90 Å².